The van der Waals surface area contributed by atoms with Crippen LogP contribution < -0.4 is 9.47 Å². The Bertz CT molecular complexity index is 625. The number of hydrogen-bond donors (Lipinski definition) is 1. The monoisotopic (exact) mass is 276 g/mol. The van der Waals surface area contributed by atoms with Crippen LogP contribution in [0.15, 0.2) is 42.5 Å². The minimum Gasteiger partial charge on any atom is -0.497 e. The summed E-state index contributed by atoms with van der Waals surface area (Å²) in [4.78, 5) is 10.8. The smallest absolute Gasteiger partial charge is 0.338 e. The molecule has 0 saturated carbocycles. The first-order valence-corrected chi connectivity index (χ1v) is 5.89. The molecular formula is C15H13FO4. The van der Waals surface area contributed by atoms with Crippen LogP contribution >= 0.6 is 0 Å². The molecule has 0 heterocycles. The molecule has 0 atom stereocenters. The molecule has 5 heteroatoms. The Morgan fingerprint density at radius 2 is 1.90 bits per heavy atom. The van der Waals surface area contributed by atoms with Crippen molar-refractivity contribution in [2.24, 2.45) is 0 Å². The highest BCUT2D eigenvalue weighted by Crippen LogP contribution is 2.21. The minimum absolute atomic E-state index is 0.0554. The van der Waals surface area contributed by atoms with Gasteiger partial charge >= 0.3 is 5.97 Å². The van der Waals surface area contributed by atoms with Gasteiger partial charge in [-0.1, -0.05) is 18.2 Å². The van der Waals surface area contributed by atoms with E-state index in [0.717, 1.165) is 0 Å². The van der Waals surface area contributed by atoms with Crippen LogP contribution in [0.2, 0.25) is 0 Å². The summed E-state index contributed by atoms with van der Waals surface area (Å²) in [5.41, 5.74) is -0.176. The summed E-state index contributed by atoms with van der Waals surface area (Å²) in [5.74, 6) is -0.930. The average Bonchev–Trinajstić information content (AvgIpc) is 2.46. The molecule has 2 rings (SSSR count). The zero-order chi connectivity index (χ0) is 14.5. The fourth-order valence-electron chi connectivity index (χ4n) is 1.71. The number of ether oxygens (including phenoxy) is 2. The van der Waals surface area contributed by atoms with Crippen LogP contribution in [0, 0.1) is 5.82 Å². The highest BCUT2D eigenvalue weighted by Gasteiger charge is 2.13. The third-order valence-electron chi connectivity index (χ3n) is 2.74. The van der Waals surface area contributed by atoms with E-state index in [2.05, 4.69) is 0 Å². The minimum atomic E-state index is -1.30. The molecule has 0 radical (unpaired) electrons. The van der Waals surface area contributed by atoms with Gasteiger partial charge in [-0.2, -0.15) is 0 Å². The number of rotatable bonds is 5. The highest BCUT2D eigenvalue weighted by atomic mass is 19.1. The average molecular weight is 276 g/mol. The molecule has 1 N–H and O–H groups in total. The van der Waals surface area contributed by atoms with Gasteiger partial charge in [-0.3, -0.25) is 0 Å². The molecule has 0 unspecified atom stereocenters. The van der Waals surface area contributed by atoms with Gasteiger partial charge in [0.2, 0.25) is 0 Å². The second kappa shape index (κ2) is 6.06. The predicted octanol–water partition coefficient (Wildman–Crippen LogP) is 3.11. The molecule has 0 aliphatic heterocycles. The van der Waals surface area contributed by atoms with E-state index in [9.17, 15) is 9.18 Å². The molecular weight excluding hydrogens is 263 g/mol. The SMILES string of the molecule is COc1cccc(OCc2cccc(C(=O)O)c2F)c1. The van der Waals surface area contributed by atoms with E-state index in [4.69, 9.17) is 14.6 Å². The van der Waals surface area contributed by atoms with E-state index in [-0.39, 0.29) is 17.7 Å². The van der Waals surface area contributed by atoms with Crippen molar-refractivity contribution in [2.75, 3.05) is 7.11 Å². The molecule has 0 amide bonds. The Kier molecular flexibility index (Phi) is 4.20. The Labute approximate surface area is 115 Å². The Morgan fingerprint density at radius 3 is 2.60 bits per heavy atom. The van der Waals surface area contributed by atoms with Crippen molar-refractivity contribution < 1.29 is 23.8 Å². The van der Waals surface area contributed by atoms with Gasteiger partial charge in [0.1, 0.15) is 23.9 Å². The largest absolute Gasteiger partial charge is 0.497 e. The van der Waals surface area contributed by atoms with Gasteiger partial charge < -0.3 is 14.6 Å². The van der Waals surface area contributed by atoms with E-state index >= 15 is 0 Å². The number of carboxylic acids is 1. The van der Waals surface area contributed by atoms with Crippen molar-refractivity contribution in [3.63, 3.8) is 0 Å². The molecule has 2 aromatic rings. The maximum Gasteiger partial charge on any atom is 0.338 e. The maximum absolute atomic E-state index is 13.9. The van der Waals surface area contributed by atoms with E-state index < -0.39 is 11.8 Å². The summed E-state index contributed by atoms with van der Waals surface area (Å²) in [6, 6.07) is 11.1. The lowest BCUT2D eigenvalue weighted by Crippen LogP contribution is -2.06. The molecule has 0 aromatic heterocycles. The molecule has 4 nitrogen and oxygen atoms in total. The van der Waals surface area contributed by atoms with Gasteiger partial charge in [-0.25, -0.2) is 9.18 Å². The zero-order valence-corrected chi connectivity index (χ0v) is 10.8. The molecule has 0 bridgehead atoms. The summed E-state index contributed by atoms with van der Waals surface area (Å²) in [5, 5.41) is 8.85. The van der Waals surface area contributed by atoms with Crippen LogP contribution in [0.3, 0.4) is 0 Å². The molecule has 0 spiro atoms. The molecule has 0 aliphatic rings. The molecule has 104 valence electrons. The number of carboxylic acid groups (broad SMARTS) is 1. The Balaban J connectivity index is 2.14. The van der Waals surface area contributed by atoms with Crippen LogP contribution in [-0.2, 0) is 6.61 Å². The number of hydrogen-bond acceptors (Lipinski definition) is 3. The third-order valence-corrected chi connectivity index (χ3v) is 2.74. The van der Waals surface area contributed by atoms with E-state index in [1.807, 2.05) is 0 Å². The lowest BCUT2D eigenvalue weighted by atomic mass is 10.1. The van der Waals surface area contributed by atoms with Gasteiger partial charge in [-0.15, -0.1) is 0 Å². The van der Waals surface area contributed by atoms with Crippen molar-refractivity contribution in [1.29, 1.82) is 0 Å². The summed E-state index contributed by atoms with van der Waals surface area (Å²) in [7, 11) is 1.54. The van der Waals surface area contributed by atoms with Crippen molar-refractivity contribution in [3.05, 3.63) is 59.4 Å². The second-order valence-electron chi connectivity index (χ2n) is 4.05. The first-order valence-electron chi connectivity index (χ1n) is 5.89. The van der Waals surface area contributed by atoms with E-state index in [0.29, 0.717) is 11.5 Å². The first-order chi connectivity index (χ1) is 9.61. The van der Waals surface area contributed by atoms with Crippen LogP contribution in [0.5, 0.6) is 11.5 Å². The van der Waals surface area contributed by atoms with Crippen LogP contribution in [0.4, 0.5) is 4.39 Å². The predicted molar refractivity (Wildman–Crippen MR) is 70.7 cm³/mol. The summed E-state index contributed by atoms with van der Waals surface area (Å²) < 4.78 is 24.4. The summed E-state index contributed by atoms with van der Waals surface area (Å²) >= 11 is 0. The number of carbonyl (C=O) groups is 1. The van der Waals surface area contributed by atoms with Crippen molar-refractivity contribution in [3.8, 4) is 11.5 Å². The highest BCUT2D eigenvalue weighted by molar-refractivity contribution is 5.88. The third kappa shape index (κ3) is 3.06. The van der Waals surface area contributed by atoms with Gasteiger partial charge in [-0.05, 0) is 18.2 Å². The lowest BCUT2D eigenvalue weighted by Gasteiger charge is -2.09. The van der Waals surface area contributed by atoms with Crippen molar-refractivity contribution in [2.45, 2.75) is 6.61 Å². The topological polar surface area (TPSA) is 55.8 Å². The van der Waals surface area contributed by atoms with Gasteiger partial charge in [0, 0.05) is 11.6 Å². The van der Waals surface area contributed by atoms with Gasteiger partial charge in [0.25, 0.3) is 0 Å². The second-order valence-corrected chi connectivity index (χ2v) is 4.05. The van der Waals surface area contributed by atoms with Gasteiger partial charge in [0.15, 0.2) is 0 Å². The van der Waals surface area contributed by atoms with E-state index in [1.54, 1.807) is 24.3 Å². The van der Waals surface area contributed by atoms with Crippen molar-refractivity contribution >= 4 is 5.97 Å². The molecule has 0 fully saturated rings. The zero-order valence-electron chi connectivity index (χ0n) is 10.8. The molecule has 0 saturated heterocycles. The standard InChI is InChI=1S/C15H13FO4/c1-19-11-5-3-6-12(8-11)20-9-10-4-2-7-13(14(10)16)15(17)18/h2-8H,9H2,1H3,(H,17,18). The molecule has 20 heavy (non-hydrogen) atoms. The summed E-state index contributed by atoms with van der Waals surface area (Å²) in [6.07, 6.45) is 0. The maximum atomic E-state index is 13.9. The van der Waals surface area contributed by atoms with Gasteiger partial charge in [0.05, 0.1) is 12.7 Å². The van der Waals surface area contributed by atoms with Crippen molar-refractivity contribution in [1.82, 2.24) is 0 Å². The fraction of sp³-hybridized carbons (Fsp3) is 0.133. The van der Waals surface area contributed by atoms with Crippen LogP contribution in [0.25, 0.3) is 0 Å². The quantitative estimate of drug-likeness (QED) is 0.911. The number of halogens is 1. The Morgan fingerprint density at radius 1 is 1.20 bits per heavy atom. The van der Waals surface area contributed by atoms with E-state index in [1.165, 1.54) is 25.3 Å². The summed E-state index contributed by atoms with van der Waals surface area (Å²) in [6.45, 7) is -0.0554. The van der Waals surface area contributed by atoms with Crippen LogP contribution in [0.1, 0.15) is 15.9 Å². The fourth-order valence-corrected chi connectivity index (χ4v) is 1.71. The lowest BCUT2D eigenvalue weighted by molar-refractivity contribution is 0.0691. The Hall–Kier alpha value is -2.56. The molecule has 2 aromatic carbocycles. The molecule has 0 aliphatic carbocycles. The number of methoxy groups -OCH3 is 1. The first kappa shape index (κ1) is 13.9. The number of benzene rings is 2. The van der Waals surface area contributed by atoms with Crippen LogP contribution in [-0.4, -0.2) is 18.2 Å². The normalized spacial score (nSPS) is 10.1. The number of aromatic carboxylic acids is 1.